The quantitative estimate of drug-likeness (QED) is 0.552. The minimum absolute atomic E-state index is 0.0255. The molecule has 3 nitrogen and oxygen atoms in total. The molecule has 0 spiro atoms. The van der Waals surface area contributed by atoms with Crippen LogP contribution in [0.1, 0.15) is 40.0 Å². The average molecular weight is 230 g/mol. The number of ketones is 1. The largest absolute Gasteiger partial charge is 0.463 e. The Labute approximate surface area is 95.3 Å². The first kappa shape index (κ1) is 13.1. The lowest BCUT2D eigenvalue weighted by Crippen LogP contribution is -2.48. The van der Waals surface area contributed by atoms with Crippen molar-refractivity contribution in [3.63, 3.8) is 0 Å². The molecule has 0 bridgehead atoms. The highest BCUT2D eigenvalue weighted by atomic mass is 19.1. The van der Waals surface area contributed by atoms with Crippen LogP contribution >= 0.6 is 0 Å². The fourth-order valence-corrected chi connectivity index (χ4v) is 2.10. The highest BCUT2D eigenvalue weighted by Gasteiger charge is 2.51. The zero-order valence-electron chi connectivity index (χ0n) is 10.1. The number of hydrogen-bond donors (Lipinski definition) is 0. The van der Waals surface area contributed by atoms with Crippen LogP contribution in [0.5, 0.6) is 0 Å². The van der Waals surface area contributed by atoms with Crippen LogP contribution < -0.4 is 0 Å². The molecule has 0 N–H and O–H groups in total. The van der Waals surface area contributed by atoms with Gasteiger partial charge in [-0.1, -0.05) is 13.8 Å². The molecule has 0 radical (unpaired) electrons. The molecule has 0 saturated heterocycles. The number of esters is 1. The number of rotatable bonds is 3. The van der Waals surface area contributed by atoms with Crippen LogP contribution in [-0.2, 0) is 14.3 Å². The van der Waals surface area contributed by atoms with E-state index in [9.17, 15) is 14.0 Å². The average Bonchev–Trinajstić information content (AvgIpc) is 2.22. The summed E-state index contributed by atoms with van der Waals surface area (Å²) in [5.41, 5.74) is -2.40. The van der Waals surface area contributed by atoms with Crippen molar-refractivity contribution in [2.75, 3.05) is 6.61 Å². The second kappa shape index (κ2) is 4.93. The molecule has 4 heteroatoms. The van der Waals surface area contributed by atoms with Gasteiger partial charge in [0.1, 0.15) is 0 Å². The highest BCUT2D eigenvalue weighted by molar-refractivity contribution is 6.07. The third-order valence-electron chi connectivity index (χ3n) is 3.27. The summed E-state index contributed by atoms with van der Waals surface area (Å²) in [6.07, 6.45) is 0.780. The molecule has 0 heterocycles. The summed E-state index contributed by atoms with van der Waals surface area (Å²) < 4.78 is 19.0. The molecule has 1 saturated carbocycles. The van der Waals surface area contributed by atoms with Gasteiger partial charge < -0.3 is 4.74 Å². The lowest BCUT2D eigenvalue weighted by Gasteiger charge is -2.33. The third kappa shape index (κ3) is 2.42. The van der Waals surface area contributed by atoms with Crippen molar-refractivity contribution in [3.8, 4) is 0 Å². The van der Waals surface area contributed by atoms with Crippen molar-refractivity contribution >= 4 is 11.8 Å². The van der Waals surface area contributed by atoms with E-state index in [4.69, 9.17) is 0 Å². The number of alkyl halides is 1. The lowest BCUT2D eigenvalue weighted by molar-refractivity contribution is -0.166. The third-order valence-corrected chi connectivity index (χ3v) is 3.27. The predicted octanol–water partition coefficient (Wildman–Crippen LogP) is 2.28. The van der Waals surface area contributed by atoms with Gasteiger partial charge in [0.2, 0.25) is 0 Å². The van der Waals surface area contributed by atoms with Gasteiger partial charge in [0.25, 0.3) is 5.67 Å². The van der Waals surface area contributed by atoms with Crippen molar-refractivity contribution in [3.05, 3.63) is 0 Å². The van der Waals surface area contributed by atoms with E-state index in [2.05, 4.69) is 4.74 Å². The molecular weight excluding hydrogens is 211 g/mol. The molecule has 16 heavy (non-hydrogen) atoms. The fourth-order valence-electron chi connectivity index (χ4n) is 2.10. The van der Waals surface area contributed by atoms with Crippen LogP contribution in [0, 0.1) is 11.8 Å². The highest BCUT2D eigenvalue weighted by Crippen LogP contribution is 2.37. The van der Waals surface area contributed by atoms with E-state index in [1.807, 2.05) is 13.8 Å². The maximum Gasteiger partial charge on any atom is 0.351 e. The summed E-state index contributed by atoms with van der Waals surface area (Å²) in [7, 11) is 0. The molecular formula is C12H19FO3. The van der Waals surface area contributed by atoms with Crippen molar-refractivity contribution in [2.24, 2.45) is 11.8 Å². The molecule has 2 unspecified atom stereocenters. The Morgan fingerprint density at radius 3 is 2.75 bits per heavy atom. The Bertz CT molecular complexity index is 288. The maximum atomic E-state index is 14.3. The van der Waals surface area contributed by atoms with Gasteiger partial charge >= 0.3 is 5.97 Å². The van der Waals surface area contributed by atoms with Crippen LogP contribution in [0.3, 0.4) is 0 Å². The Balaban J connectivity index is 2.82. The SMILES string of the molecule is CCOC(=O)C1(F)CC(C(C)C)CCC1=O. The second-order valence-electron chi connectivity index (χ2n) is 4.69. The molecule has 0 aliphatic heterocycles. The van der Waals surface area contributed by atoms with Gasteiger partial charge in [0.15, 0.2) is 5.78 Å². The first-order valence-electron chi connectivity index (χ1n) is 5.81. The van der Waals surface area contributed by atoms with E-state index in [-0.39, 0.29) is 31.3 Å². The summed E-state index contributed by atoms with van der Waals surface area (Å²) in [5.74, 6) is -1.28. The van der Waals surface area contributed by atoms with Crippen molar-refractivity contribution in [1.29, 1.82) is 0 Å². The van der Waals surface area contributed by atoms with Crippen molar-refractivity contribution in [2.45, 2.75) is 45.7 Å². The van der Waals surface area contributed by atoms with E-state index >= 15 is 0 Å². The Hall–Kier alpha value is -0.930. The molecule has 0 amide bonds. The first-order chi connectivity index (χ1) is 7.41. The summed E-state index contributed by atoms with van der Waals surface area (Å²) >= 11 is 0. The van der Waals surface area contributed by atoms with Gasteiger partial charge in [-0.3, -0.25) is 4.79 Å². The monoisotopic (exact) mass is 230 g/mol. The first-order valence-corrected chi connectivity index (χ1v) is 5.81. The van der Waals surface area contributed by atoms with E-state index < -0.39 is 17.4 Å². The van der Waals surface area contributed by atoms with Gasteiger partial charge in [0.05, 0.1) is 6.61 Å². The normalized spacial score (nSPS) is 30.6. The number of ether oxygens (including phenoxy) is 1. The predicted molar refractivity (Wildman–Crippen MR) is 57.7 cm³/mol. The zero-order chi connectivity index (χ0) is 12.3. The van der Waals surface area contributed by atoms with Gasteiger partial charge in [-0.15, -0.1) is 0 Å². The lowest BCUT2D eigenvalue weighted by atomic mass is 9.74. The number of carbonyl (C=O) groups is 2. The summed E-state index contributed by atoms with van der Waals surface area (Å²) in [5, 5.41) is 0. The smallest absolute Gasteiger partial charge is 0.351 e. The summed E-state index contributed by atoms with van der Waals surface area (Å²) in [6, 6.07) is 0. The molecule has 92 valence electrons. The van der Waals surface area contributed by atoms with Crippen LogP contribution in [0.15, 0.2) is 0 Å². The Kier molecular flexibility index (Phi) is 4.05. The zero-order valence-corrected chi connectivity index (χ0v) is 10.1. The second-order valence-corrected chi connectivity index (χ2v) is 4.69. The fraction of sp³-hybridized carbons (Fsp3) is 0.833. The van der Waals surface area contributed by atoms with Crippen LogP contribution in [-0.4, -0.2) is 24.0 Å². The van der Waals surface area contributed by atoms with E-state index in [0.717, 1.165) is 0 Å². The molecule has 0 aromatic heterocycles. The standard InChI is InChI=1S/C12H19FO3/c1-4-16-11(15)12(13)7-9(8(2)3)5-6-10(12)14/h8-9H,4-7H2,1-3H3. The van der Waals surface area contributed by atoms with Gasteiger partial charge in [-0.05, 0) is 25.2 Å². The molecule has 1 rings (SSSR count). The van der Waals surface area contributed by atoms with Gasteiger partial charge in [-0.25, -0.2) is 9.18 Å². The minimum atomic E-state index is -2.40. The topological polar surface area (TPSA) is 43.4 Å². The molecule has 2 atom stereocenters. The van der Waals surface area contributed by atoms with E-state index in [0.29, 0.717) is 6.42 Å². The molecule has 1 fully saturated rings. The molecule has 0 aromatic carbocycles. The molecule has 1 aliphatic rings. The summed E-state index contributed by atoms with van der Waals surface area (Å²) in [4.78, 5) is 23.0. The van der Waals surface area contributed by atoms with Gasteiger partial charge in [0, 0.05) is 12.8 Å². The van der Waals surface area contributed by atoms with Crippen LogP contribution in [0.25, 0.3) is 0 Å². The Morgan fingerprint density at radius 1 is 1.62 bits per heavy atom. The van der Waals surface area contributed by atoms with Crippen LogP contribution in [0.4, 0.5) is 4.39 Å². The van der Waals surface area contributed by atoms with Crippen LogP contribution in [0.2, 0.25) is 0 Å². The minimum Gasteiger partial charge on any atom is -0.463 e. The molecule has 0 aromatic rings. The van der Waals surface area contributed by atoms with Crippen molar-refractivity contribution in [1.82, 2.24) is 0 Å². The van der Waals surface area contributed by atoms with E-state index in [1.54, 1.807) is 6.92 Å². The summed E-state index contributed by atoms with van der Waals surface area (Å²) in [6.45, 7) is 5.66. The number of Topliss-reactive ketones (excluding diaryl/α,β-unsaturated/α-hetero) is 1. The van der Waals surface area contributed by atoms with Gasteiger partial charge in [-0.2, -0.15) is 0 Å². The Morgan fingerprint density at radius 2 is 2.25 bits per heavy atom. The number of hydrogen-bond acceptors (Lipinski definition) is 3. The number of halogens is 1. The van der Waals surface area contributed by atoms with E-state index in [1.165, 1.54) is 0 Å². The maximum absolute atomic E-state index is 14.3. The molecule has 1 aliphatic carbocycles. The van der Waals surface area contributed by atoms with Crippen molar-refractivity contribution < 1.29 is 18.7 Å². The number of carbonyl (C=O) groups excluding carboxylic acids is 2.